The fraction of sp³-hybridized carbons (Fsp3) is 0.625. The molecule has 3 heteroatoms. The first-order valence-corrected chi connectivity index (χ1v) is 6.96. The van der Waals surface area contributed by atoms with Crippen LogP contribution in [0.1, 0.15) is 49.8 Å². The van der Waals surface area contributed by atoms with E-state index in [0.29, 0.717) is 5.92 Å². The Morgan fingerprint density at radius 1 is 1.26 bits per heavy atom. The van der Waals surface area contributed by atoms with Crippen LogP contribution in [0.5, 0.6) is 5.75 Å². The molecule has 1 unspecified atom stereocenters. The molecule has 0 aromatic heterocycles. The Hall–Kier alpha value is -1.06. The van der Waals surface area contributed by atoms with Crippen LogP contribution in [0.2, 0.25) is 0 Å². The van der Waals surface area contributed by atoms with E-state index in [4.69, 9.17) is 9.84 Å². The zero-order valence-corrected chi connectivity index (χ0v) is 12.8. The molecular weight excluding hydrogens is 238 g/mol. The standard InChI is InChI=1S/C16H27NO2/c1-12(2)13-8-9-14(16(11-13)19-5)15(17(3)4)7-6-10-18/h8-9,11-12,15,18H,6-7,10H2,1-5H3. The van der Waals surface area contributed by atoms with Crippen molar-refractivity contribution in [1.82, 2.24) is 4.90 Å². The van der Waals surface area contributed by atoms with Gasteiger partial charge in [-0.15, -0.1) is 0 Å². The van der Waals surface area contributed by atoms with E-state index in [1.165, 1.54) is 11.1 Å². The van der Waals surface area contributed by atoms with Gasteiger partial charge in [-0.05, 0) is 44.5 Å². The Balaban J connectivity index is 3.08. The van der Waals surface area contributed by atoms with E-state index in [2.05, 4.69) is 51.0 Å². The molecule has 0 aliphatic carbocycles. The molecule has 1 atom stereocenters. The first-order valence-electron chi connectivity index (χ1n) is 6.96. The smallest absolute Gasteiger partial charge is 0.123 e. The fourth-order valence-electron chi connectivity index (χ4n) is 2.34. The predicted octanol–water partition coefficient (Wildman–Crippen LogP) is 3.19. The van der Waals surface area contributed by atoms with Gasteiger partial charge in [0, 0.05) is 18.2 Å². The van der Waals surface area contributed by atoms with E-state index >= 15 is 0 Å². The van der Waals surface area contributed by atoms with Crippen molar-refractivity contribution in [3.8, 4) is 5.75 Å². The minimum atomic E-state index is 0.233. The van der Waals surface area contributed by atoms with E-state index in [1.54, 1.807) is 7.11 Å². The van der Waals surface area contributed by atoms with E-state index in [9.17, 15) is 0 Å². The third-order valence-electron chi connectivity index (χ3n) is 3.54. The van der Waals surface area contributed by atoms with Gasteiger partial charge in [0.25, 0.3) is 0 Å². The van der Waals surface area contributed by atoms with Crippen molar-refractivity contribution in [1.29, 1.82) is 0 Å². The van der Waals surface area contributed by atoms with Crippen LogP contribution < -0.4 is 4.74 Å². The topological polar surface area (TPSA) is 32.7 Å². The lowest BCUT2D eigenvalue weighted by Gasteiger charge is -2.26. The second-order valence-corrected chi connectivity index (χ2v) is 5.50. The summed E-state index contributed by atoms with van der Waals surface area (Å²) in [6.45, 7) is 4.60. The summed E-state index contributed by atoms with van der Waals surface area (Å²) in [5.41, 5.74) is 2.49. The van der Waals surface area contributed by atoms with Crippen LogP contribution in [0.15, 0.2) is 18.2 Å². The molecule has 1 N–H and O–H groups in total. The SMILES string of the molecule is COc1cc(C(C)C)ccc1C(CCCO)N(C)C. The number of aliphatic hydroxyl groups excluding tert-OH is 1. The number of ether oxygens (including phenoxy) is 1. The van der Waals surface area contributed by atoms with E-state index < -0.39 is 0 Å². The summed E-state index contributed by atoms with van der Waals surface area (Å²) in [5, 5.41) is 9.04. The van der Waals surface area contributed by atoms with Gasteiger partial charge in [-0.3, -0.25) is 0 Å². The average Bonchev–Trinajstić information content (AvgIpc) is 2.38. The van der Waals surface area contributed by atoms with Gasteiger partial charge in [0.2, 0.25) is 0 Å². The van der Waals surface area contributed by atoms with Crippen molar-refractivity contribution in [3.63, 3.8) is 0 Å². The van der Waals surface area contributed by atoms with E-state index in [-0.39, 0.29) is 12.6 Å². The van der Waals surface area contributed by atoms with Crippen molar-refractivity contribution in [2.24, 2.45) is 0 Å². The maximum absolute atomic E-state index is 9.04. The summed E-state index contributed by atoms with van der Waals surface area (Å²) >= 11 is 0. The number of hydrogen-bond donors (Lipinski definition) is 1. The Labute approximate surface area is 117 Å². The Morgan fingerprint density at radius 3 is 2.42 bits per heavy atom. The predicted molar refractivity (Wildman–Crippen MR) is 79.8 cm³/mol. The largest absolute Gasteiger partial charge is 0.496 e. The highest BCUT2D eigenvalue weighted by Crippen LogP contribution is 2.33. The van der Waals surface area contributed by atoms with Gasteiger partial charge in [-0.1, -0.05) is 26.0 Å². The van der Waals surface area contributed by atoms with Gasteiger partial charge >= 0.3 is 0 Å². The zero-order chi connectivity index (χ0) is 14.4. The van der Waals surface area contributed by atoms with Gasteiger partial charge in [0.1, 0.15) is 5.75 Å². The van der Waals surface area contributed by atoms with Crippen LogP contribution in [0, 0.1) is 0 Å². The number of hydrogen-bond acceptors (Lipinski definition) is 3. The fourth-order valence-corrected chi connectivity index (χ4v) is 2.34. The van der Waals surface area contributed by atoms with Gasteiger partial charge in [-0.2, -0.15) is 0 Å². The van der Waals surface area contributed by atoms with Crippen molar-refractivity contribution < 1.29 is 9.84 Å². The lowest BCUT2D eigenvalue weighted by atomic mass is 9.95. The van der Waals surface area contributed by atoms with Crippen LogP contribution in [0.25, 0.3) is 0 Å². The maximum Gasteiger partial charge on any atom is 0.123 e. The molecule has 1 rings (SSSR count). The first kappa shape index (κ1) is 16.0. The molecule has 1 aromatic carbocycles. The normalized spacial score (nSPS) is 13.1. The third-order valence-corrected chi connectivity index (χ3v) is 3.54. The van der Waals surface area contributed by atoms with Crippen molar-refractivity contribution in [2.45, 2.75) is 38.6 Å². The molecular formula is C16H27NO2. The minimum Gasteiger partial charge on any atom is -0.496 e. The zero-order valence-electron chi connectivity index (χ0n) is 12.8. The van der Waals surface area contributed by atoms with Gasteiger partial charge in [0.05, 0.1) is 7.11 Å². The summed E-state index contributed by atoms with van der Waals surface area (Å²) < 4.78 is 5.56. The Bertz CT molecular complexity index is 388. The summed E-state index contributed by atoms with van der Waals surface area (Å²) in [7, 11) is 5.86. The average molecular weight is 265 g/mol. The van der Waals surface area contributed by atoms with Crippen LogP contribution >= 0.6 is 0 Å². The van der Waals surface area contributed by atoms with E-state index in [1.807, 2.05) is 0 Å². The molecule has 0 saturated carbocycles. The molecule has 0 amide bonds. The Kier molecular flexibility index (Phi) is 6.32. The maximum atomic E-state index is 9.04. The summed E-state index contributed by atoms with van der Waals surface area (Å²) in [4.78, 5) is 2.18. The van der Waals surface area contributed by atoms with Crippen molar-refractivity contribution in [2.75, 3.05) is 27.8 Å². The summed E-state index contributed by atoms with van der Waals surface area (Å²) in [5.74, 6) is 1.45. The molecule has 0 aliphatic heterocycles. The molecule has 19 heavy (non-hydrogen) atoms. The summed E-state index contributed by atoms with van der Waals surface area (Å²) in [6.07, 6.45) is 1.73. The van der Waals surface area contributed by atoms with Gasteiger partial charge in [0.15, 0.2) is 0 Å². The molecule has 0 saturated heterocycles. The number of methoxy groups -OCH3 is 1. The second kappa shape index (κ2) is 7.51. The summed E-state index contributed by atoms with van der Waals surface area (Å²) in [6, 6.07) is 6.76. The quantitative estimate of drug-likeness (QED) is 0.822. The molecule has 0 aliphatic rings. The van der Waals surface area contributed by atoms with Crippen LogP contribution in [-0.4, -0.2) is 37.8 Å². The highest BCUT2D eigenvalue weighted by molar-refractivity contribution is 5.40. The number of rotatable bonds is 7. The monoisotopic (exact) mass is 265 g/mol. The second-order valence-electron chi connectivity index (χ2n) is 5.50. The van der Waals surface area contributed by atoms with Crippen LogP contribution in [0.3, 0.4) is 0 Å². The van der Waals surface area contributed by atoms with Crippen molar-refractivity contribution >= 4 is 0 Å². The van der Waals surface area contributed by atoms with Gasteiger partial charge < -0.3 is 14.7 Å². The third kappa shape index (κ3) is 4.22. The molecule has 0 bridgehead atoms. The number of nitrogens with zero attached hydrogens (tertiary/aromatic N) is 1. The molecule has 108 valence electrons. The number of benzene rings is 1. The lowest BCUT2D eigenvalue weighted by molar-refractivity contribution is 0.231. The van der Waals surface area contributed by atoms with Crippen LogP contribution in [-0.2, 0) is 0 Å². The van der Waals surface area contributed by atoms with Crippen LogP contribution in [0.4, 0.5) is 0 Å². The highest BCUT2D eigenvalue weighted by Gasteiger charge is 2.18. The van der Waals surface area contributed by atoms with E-state index in [0.717, 1.165) is 18.6 Å². The molecule has 1 aromatic rings. The van der Waals surface area contributed by atoms with Crippen molar-refractivity contribution in [3.05, 3.63) is 29.3 Å². The molecule has 0 heterocycles. The molecule has 3 nitrogen and oxygen atoms in total. The number of aliphatic hydroxyl groups is 1. The van der Waals surface area contributed by atoms with Gasteiger partial charge in [-0.25, -0.2) is 0 Å². The first-order chi connectivity index (χ1) is 9.01. The Morgan fingerprint density at radius 2 is 1.95 bits per heavy atom. The lowest BCUT2D eigenvalue weighted by Crippen LogP contribution is -2.21. The molecule has 0 spiro atoms. The highest BCUT2D eigenvalue weighted by atomic mass is 16.5. The minimum absolute atomic E-state index is 0.233. The molecule has 0 fully saturated rings. The molecule has 0 radical (unpaired) electrons.